The van der Waals surface area contributed by atoms with Crippen LogP contribution in [-0.2, 0) is 19.1 Å². The number of esters is 2. The Morgan fingerprint density at radius 3 is 1.31 bits per heavy atom. The van der Waals surface area contributed by atoms with Gasteiger partial charge in [0.15, 0.2) is 0 Å². The third kappa shape index (κ3) is 4.13. The van der Waals surface area contributed by atoms with Gasteiger partial charge in [-0.1, -0.05) is 36.4 Å². The number of aromatic hydroxyl groups is 2. The molecule has 0 saturated carbocycles. The maximum absolute atomic E-state index is 12.8. The SMILES string of the molecule is CC(C(=O)OCCCOC(=O)C(C)c1ccc(O)c(-n2n3c4ccccc4n23)c1)c1ccc(O)c(-n2n3c4ccccc4n23)c1. The number of aromatic nitrogens is 6. The molecule has 8 rings (SSSR count). The monoisotopic (exact) mass is 606 g/mol. The smallest absolute Gasteiger partial charge is 0.313 e. The molecule has 4 aromatic heterocycles. The molecule has 0 amide bonds. The van der Waals surface area contributed by atoms with Crippen LogP contribution in [0.25, 0.3) is 33.4 Å². The lowest BCUT2D eigenvalue weighted by molar-refractivity contribution is -0.147. The molecule has 228 valence electrons. The topological polar surface area (TPSA) is 121 Å². The number of nitrogens with zero attached hydrogens (tertiary/aromatic N) is 6. The molecule has 0 spiro atoms. The number of hydrogen-bond donors (Lipinski definition) is 2. The standard InChI is InChI=1S/C33H30N6O6/c1-20(22-12-14-30(40)28(18-22)38-34-24-8-3-4-9-25(24)35(34)38)32(42)44-16-7-17-45-33(43)21(2)23-13-15-31(41)29(19-23)39-36-26-10-5-6-11-27(26)37(36)39/h3-6,8-15,18-21,40-41H,7,16-17H2,1-2H3. The van der Waals surface area contributed by atoms with Crippen LogP contribution in [0.15, 0.2) is 84.9 Å². The summed E-state index contributed by atoms with van der Waals surface area (Å²) in [6, 6.07) is 26.0. The van der Waals surface area contributed by atoms with Crippen LogP contribution in [0.1, 0.15) is 43.2 Å². The van der Waals surface area contributed by atoms with Crippen LogP contribution in [0, 0.1) is 0 Å². The predicted molar refractivity (Wildman–Crippen MR) is 164 cm³/mol. The van der Waals surface area contributed by atoms with Crippen molar-refractivity contribution >= 4 is 34.0 Å². The van der Waals surface area contributed by atoms with Gasteiger partial charge in [-0.2, -0.15) is 0 Å². The van der Waals surface area contributed by atoms with E-state index in [9.17, 15) is 19.8 Å². The van der Waals surface area contributed by atoms with Gasteiger partial charge in [-0.15, -0.1) is 28.1 Å². The van der Waals surface area contributed by atoms with E-state index in [1.165, 1.54) is 0 Å². The van der Waals surface area contributed by atoms with Crippen molar-refractivity contribution in [2.24, 2.45) is 0 Å². The minimum absolute atomic E-state index is 0.101. The van der Waals surface area contributed by atoms with Crippen LogP contribution in [0.5, 0.6) is 11.5 Å². The number of hydrogen-bond acceptors (Lipinski definition) is 6. The molecule has 0 aliphatic rings. The van der Waals surface area contributed by atoms with Gasteiger partial charge in [-0.3, -0.25) is 9.59 Å². The molecule has 12 nitrogen and oxygen atoms in total. The Balaban J connectivity index is 0.846. The van der Waals surface area contributed by atoms with Gasteiger partial charge in [0.05, 0.1) is 25.0 Å². The van der Waals surface area contributed by atoms with Crippen molar-refractivity contribution in [2.75, 3.05) is 13.2 Å². The number of benzene rings is 4. The summed E-state index contributed by atoms with van der Waals surface area (Å²) in [5.41, 5.74) is 6.76. The zero-order chi connectivity index (χ0) is 31.0. The Morgan fingerprint density at radius 2 is 0.956 bits per heavy atom. The van der Waals surface area contributed by atoms with Crippen molar-refractivity contribution in [3.63, 3.8) is 0 Å². The third-order valence-corrected chi connectivity index (χ3v) is 8.56. The molecular formula is C33H30N6O6. The first kappa shape index (κ1) is 26.8. The second-order valence-electron chi connectivity index (χ2n) is 11.3. The molecule has 12 heteroatoms. The van der Waals surface area contributed by atoms with E-state index in [4.69, 9.17) is 9.47 Å². The van der Waals surface area contributed by atoms with E-state index >= 15 is 0 Å². The zero-order valence-corrected chi connectivity index (χ0v) is 24.6. The van der Waals surface area contributed by atoms with Crippen molar-refractivity contribution in [3.05, 3.63) is 96.1 Å². The lowest BCUT2D eigenvalue weighted by Gasteiger charge is -2.14. The summed E-state index contributed by atoms with van der Waals surface area (Å²) < 4.78 is 18.7. The second kappa shape index (κ2) is 9.88. The second-order valence-corrected chi connectivity index (χ2v) is 11.3. The Hall–Kier alpha value is -5.78. The molecule has 45 heavy (non-hydrogen) atoms. The molecule has 2 N–H and O–H groups in total. The van der Waals surface area contributed by atoms with Crippen molar-refractivity contribution < 1.29 is 29.3 Å². The quantitative estimate of drug-likeness (QED) is 0.168. The Labute approximate surface area is 255 Å². The summed E-state index contributed by atoms with van der Waals surface area (Å²) in [6.45, 7) is 3.72. The third-order valence-electron chi connectivity index (χ3n) is 8.56. The first-order chi connectivity index (χ1) is 21.8. The summed E-state index contributed by atoms with van der Waals surface area (Å²) in [5, 5.41) is 21.0. The average Bonchev–Trinajstić information content (AvgIpc) is 3.91. The van der Waals surface area contributed by atoms with Crippen LogP contribution in [-0.4, -0.2) is 63.5 Å². The minimum atomic E-state index is -0.557. The average molecular weight is 607 g/mol. The van der Waals surface area contributed by atoms with Gasteiger partial charge in [0, 0.05) is 6.42 Å². The first-order valence-corrected chi connectivity index (χ1v) is 14.8. The molecule has 0 radical (unpaired) electrons. The molecule has 0 saturated heterocycles. The Kier molecular flexibility index (Phi) is 5.89. The molecule has 2 atom stereocenters. The van der Waals surface area contributed by atoms with E-state index in [0.717, 1.165) is 22.1 Å². The van der Waals surface area contributed by atoms with E-state index in [2.05, 4.69) is 0 Å². The summed E-state index contributed by atoms with van der Waals surface area (Å²) in [7, 11) is 0. The number of fused-ring (bicyclic) bond motifs is 8. The van der Waals surface area contributed by atoms with E-state index in [-0.39, 0.29) is 24.7 Å². The van der Waals surface area contributed by atoms with E-state index in [0.29, 0.717) is 28.9 Å². The van der Waals surface area contributed by atoms with Crippen LogP contribution in [0.3, 0.4) is 0 Å². The molecule has 4 heterocycles. The highest BCUT2D eigenvalue weighted by Crippen LogP contribution is 2.34. The maximum Gasteiger partial charge on any atom is 0.313 e. The predicted octanol–water partition coefficient (Wildman–Crippen LogP) is 4.95. The molecule has 0 fully saturated rings. The highest BCUT2D eigenvalue weighted by molar-refractivity contribution is 5.82. The lowest BCUT2D eigenvalue weighted by Crippen LogP contribution is -2.17. The Bertz CT molecular complexity index is 2080. The number of carbonyl (C=O) groups excluding carboxylic acids is 2. The lowest BCUT2D eigenvalue weighted by atomic mass is 10.0. The van der Waals surface area contributed by atoms with Gasteiger partial charge in [0.25, 0.3) is 0 Å². The van der Waals surface area contributed by atoms with E-state index in [1.54, 1.807) is 50.2 Å². The minimum Gasteiger partial charge on any atom is -0.506 e. The van der Waals surface area contributed by atoms with Gasteiger partial charge < -0.3 is 19.7 Å². The van der Waals surface area contributed by atoms with Crippen LogP contribution >= 0.6 is 0 Å². The fourth-order valence-electron chi connectivity index (χ4n) is 5.86. The highest BCUT2D eigenvalue weighted by atomic mass is 16.5. The largest absolute Gasteiger partial charge is 0.506 e. The number of phenolic OH excluding ortho intramolecular Hbond substituents is 2. The zero-order valence-electron chi connectivity index (χ0n) is 24.6. The molecule has 0 bridgehead atoms. The van der Waals surface area contributed by atoms with Crippen molar-refractivity contribution in [1.82, 2.24) is 28.1 Å². The fraction of sp³-hybridized carbons (Fsp3) is 0.212. The van der Waals surface area contributed by atoms with E-state index in [1.807, 2.05) is 76.6 Å². The number of phenols is 2. The summed E-state index contributed by atoms with van der Waals surface area (Å²) in [5.74, 6) is -1.71. The van der Waals surface area contributed by atoms with Crippen LogP contribution < -0.4 is 0 Å². The number of carbonyl (C=O) groups is 2. The Morgan fingerprint density at radius 1 is 0.600 bits per heavy atom. The molecule has 4 aromatic carbocycles. The van der Waals surface area contributed by atoms with E-state index < -0.39 is 23.8 Å². The van der Waals surface area contributed by atoms with Gasteiger partial charge >= 0.3 is 11.9 Å². The van der Waals surface area contributed by atoms with Gasteiger partial charge in [0.1, 0.15) is 44.9 Å². The normalized spacial score (nSPS) is 13.6. The molecule has 0 aliphatic carbocycles. The van der Waals surface area contributed by atoms with Crippen LogP contribution in [0.2, 0.25) is 0 Å². The molecule has 0 aliphatic heterocycles. The number of rotatable bonds is 10. The van der Waals surface area contributed by atoms with Gasteiger partial charge in [0.2, 0.25) is 0 Å². The molecular weight excluding hydrogens is 576 g/mol. The molecule has 8 aromatic rings. The van der Waals surface area contributed by atoms with Gasteiger partial charge in [-0.25, -0.2) is 0 Å². The summed E-state index contributed by atoms with van der Waals surface area (Å²) >= 11 is 0. The molecule has 2 unspecified atom stereocenters. The van der Waals surface area contributed by atoms with Crippen molar-refractivity contribution in [1.29, 1.82) is 0 Å². The fourth-order valence-corrected chi connectivity index (χ4v) is 5.86. The summed E-state index contributed by atoms with van der Waals surface area (Å²) in [4.78, 5) is 29.3. The van der Waals surface area contributed by atoms with Crippen LogP contribution in [0.4, 0.5) is 0 Å². The summed E-state index contributed by atoms with van der Waals surface area (Å²) in [6.07, 6.45) is 0.352. The highest BCUT2D eigenvalue weighted by Gasteiger charge is 2.28. The van der Waals surface area contributed by atoms with Gasteiger partial charge in [-0.05, 0) is 73.5 Å². The van der Waals surface area contributed by atoms with Crippen molar-refractivity contribution in [2.45, 2.75) is 32.1 Å². The van der Waals surface area contributed by atoms with Crippen molar-refractivity contribution in [3.8, 4) is 22.9 Å². The first-order valence-electron chi connectivity index (χ1n) is 14.8. The number of para-hydroxylation sites is 4. The number of ether oxygens (including phenoxy) is 2. The maximum atomic E-state index is 12.8.